The van der Waals surface area contributed by atoms with Crippen LogP contribution in [0, 0.1) is 50.7 Å². The molecule has 0 bridgehead atoms. The van der Waals surface area contributed by atoms with Gasteiger partial charge < -0.3 is 42.4 Å². The molecule has 4 aliphatic heterocycles. The van der Waals surface area contributed by atoms with Crippen molar-refractivity contribution in [1.82, 2.24) is 34.7 Å². The van der Waals surface area contributed by atoms with E-state index in [4.69, 9.17) is 47.6 Å². The van der Waals surface area contributed by atoms with Gasteiger partial charge in [-0.05, 0) is 294 Å². The molecule has 0 saturated heterocycles. The highest BCUT2D eigenvalue weighted by Gasteiger charge is 2.70. The smallest absolute Gasteiger partial charge is 0.262 e. The van der Waals surface area contributed by atoms with Gasteiger partial charge in [-0.2, -0.15) is 5.26 Å². The lowest BCUT2D eigenvalue weighted by Crippen LogP contribution is -2.52. The van der Waals surface area contributed by atoms with Crippen LogP contribution in [0.5, 0.6) is 0 Å². The van der Waals surface area contributed by atoms with E-state index in [-0.39, 0.29) is 57.4 Å². The van der Waals surface area contributed by atoms with Gasteiger partial charge >= 0.3 is 0 Å². The number of fused-ring (bicyclic) bond motifs is 12. The SMILES string of the molecule is CN1C(=O)C2(N=C1N)c1cc(-c3cccc(C#N)c3)ccc1CC21CCC(N(C)C)CC1.CN1C(=O)C2(N=C1N)c1cc(Br)ccc1CC21CCC(N(C)C)CC1.CN1C(=O)C2(N=C1N)c1cc(Br)ccc1CC21CCC(N(C)C)CC1.COC1CCC2(CC1)Cc1ccc(C#CC3CC3)cc1C21N=C(N)NC1=O. The summed E-state index contributed by atoms with van der Waals surface area (Å²) in [6, 6.07) is 36.7. The normalized spacial score (nSPS) is 32.7. The van der Waals surface area contributed by atoms with Gasteiger partial charge in [-0.3, -0.25) is 39.2 Å². The summed E-state index contributed by atoms with van der Waals surface area (Å²) in [6.45, 7) is 0. The van der Waals surface area contributed by atoms with E-state index in [1.54, 1.807) is 34.3 Å². The topological polar surface area (TPSA) is 286 Å². The fourth-order valence-corrected chi connectivity index (χ4v) is 22.5. The molecule has 5 saturated carbocycles. The number of ether oxygens (including phenoxy) is 1. The van der Waals surface area contributed by atoms with Gasteiger partial charge in [-0.15, -0.1) is 0 Å². The predicted octanol–water partition coefficient (Wildman–Crippen LogP) is 10.4. The van der Waals surface area contributed by atoms with Gasteiger partial charge in [-0.25, -0.2) is 20.0 Å². The minimum Gasteiger partial charge on any atom is -0.381 e. The Bertz CT molecular complexity index is 4650. The highest BCUT2D eigenvalue weighted by molar-refractivity contribution is 9.10. The van der Waals surface area contributed by atoms with Crippen molar-refractivity contribution in [2.24, 2.45) is 70.5 Å². The maximum absolute atomic E-state index is 13.8. The molecule has 4 unspecified atom stereocenters. The number of nitrogens with one attached hydrogen (secondary N) is 1. The van der Waals surface area contributed by atoms with Crippen molar-refractivity contribution in [3.05, 3.63) is 162 Å². The molecule has 8 spiro atoms. The third kappa shape index (κ3) is 12.0. The summed E-state index contributed by atoms with van der Waals surface area (Å²) in [6.07, 6.45) is 22.3. The molecule has 13 aliphatic rings. The van der Waals surface area contributed by atoms with Crippen molar-refractivity contribution in [1.29, 1.82) is 5.26 Å². The zero-order valence-electron chi connectivity index (χ0n) is 64.7. The van der Waals surface area contributed by atoms with E-state index in [0.717, 1.165) is 176 Å². The summed E-state index contributed by atoms with van der Waals surface area (Å²) in [5.41, 5.74) is 32.6. The first-order valence-corrected chi connectivity index (χ1v) is 40.5. The lowest BCUT2D eigenvalue weighted by molar-refractivity contribution is -0.137. The highest BCUT2D eigenvalue weighted by Crippen LogP contribution is 2.66. The molecule has 572 valence electrons. The van der Waals surface area contributed by atoms with Gasteiger partial charge in [0, 0.05) is 88.5 Å². The molecule has 23 heteroatoms. The zero-order chi connectivity index (χ0) is 77.3. The van der Waals surface area contributed by atoms with Crippen LogP contribution in [0.1, 0.15) is 171 Å². The summed E-state index contributed by atoms with van der Waals surface area (Å²) < 4.78 is 7.54. The fraction of sp³-hybridized carbons (Fsp3) is 0.523. The van der Waals surface area contributed by atoms with Gasteiger partial charge in [0.25, 0.3) is 23.6 Å². The molecule has 4 atom stereocenters. The average molecular weight is 1600 g/mol. The first kappa shape index (κ1) is 76.1. The molecule has 5 fully saturated rings. The second-order valence-corrected chi connectivity index (χ2v) is 36.1. The first-order chi connectivity index (χ1) is 52.0. The van der Waals surface area contributed by atoms with Crippen LogP contribution in [-0.4, -0.2) is 172 Å². The number of carbonyl (C=O) groups is 4. The molecule has 18 rings (SSSR count). The van der Waals surface area contributed by atoms with E-state index < -0.39 is 22.2 Å². The van der Waals surface area contributed by atoms with Gasteiger partial charge in [0.2, 0.25) is 0 Å². The van der Waals surface area contributed by atoms with Gasteiger partial charge in [0.1, 0.15) is 0 Å². The number of rotatable bonds is 5. The molecule has 109 heavy (non-hydrogen) atoms. The summed E-state index contributed by atoms with van der Waals surface area (Å²) >= 11 is 7.15. The minimum absolute atomic E-state index is 0.0139. The van der Waals surface area contributed by atoms with Crippen LogP contribution in [0.2, 0.25) is 0 Å². The Balaban J connectivity index is 0.000000116. The summed E-state index contributed by atoms with van der Waals surface area (Å²) in [7, 11) is 19.8. The zero-order valence-corrected chi connectivity index (χ0v) is 67.9. The van der Waals surface area contributed by atoms with Crippen LogP contribution in [0.4, 0.5) is 0 Å². The van der Waals surface area contributed by atoms with E-state index in [1.165, 1.54) is 49.8 Å². The van der Waals surface area contributed by atoms with Gasteiger partial charge in [0.15, 0.2) is 46.0 Å². The highest BCUT2D eigenvalue weighted by atomic mass is 79.9. The molecule has 9 aliphatic carbocycles. The molecule has 9 N–H and O–H groups in total. The number of halogens is 2. The molecule has 0 radical (unpaired) electrons. The molecular weight excluding hydrogens is 1500 g/mol. The van der Waals surface area contributed by atoms with E-state index in [0.29, 0.717) is 47.5 Å². The number of aliphatic imine (C=N–C) groups is 4. The largest absolute Gasteiger partial charge is 0.381 e. The number of likely N-dealkylation sites (N-methyl/N-ethyl adjacent to an activating group) is 3. The minimum atomic E-state index is -0.957. The number of nitrogens with two attached hydrogens (primary N) is 4. The van der Waals surface area contributed by atoms with Gasteiger partial charge in [0.05, 0.1) is 17.7 Å². The van der Waals surface area contributed by atoms with Crippen LogP contribution in [0.3, 0.4) is 0 Å². The standard InChI is InChI=1S/C26H29N5O.C22H25N3O2.2C19H25BrN4O/c1-30(2)21-9-11-25(12-10-21)15-20-8-7-19(18-6-4-5-17(13-18)16-27)14-22(20)26(25)23(32)31(3)24(28)29-26;1-27-17-8-10-21(11-9-17)13-16-7-6-15(5-4-14-2-3-14)12-18(16)22(21)19(26)24-20(23)25-22;2*1-23(2)14-6-8-18(9-7-14)11-12-4-5-13(20)10-15(12)19(18)16(25)24(3)17(21)22-19/h4-8,13-14,21H,9-12,15H2,1-3H3,(H2,28,29);6-7,12,14,17H,2-3,8-11,13H2,1H3,(H3,23,24,25,26);2*4-5,10,14H,6-9,11H2,1-3H3,(H2,21,22). The fourth-order valence-electron chi connectivity index (χ4n) is 21.8. The summed E-state index contributed by atoms with van der Waals surface area (Å²) in [5.74, 6) is 8.34. The molecule has 4 heterocycles. The number of methoxy groups -OCH3 is 1. The van der Waals surface area contributed by atoms with Crippen molar-refractivity contribution < 1.29 is 23.9 Å². The number of amides is 4. The van der Waals surface area contributed by atoms with E-state index in [1.807, 2.05) is 18.2 Å². The number of hydrogen-bond acceptors (Lipinski definition) is 17. The molecule has 5 aromatic rings. The molecule has 5 aromatic carbocycles. The number of benzene rings is 5. The maximum Gasteiger partial charge on any atom is 0.262 e. The maximum atomic E-state index is 13.8. The lowest BCUT2D eigenvalue weighted by atomic mass is 9.61. The van der Waals surface area contributed by atoms with Crippen molar-refractivity contribution in [3.63, 3.8) is 0 Å². The van der Waals surface area contributed by atoms with Crippen LogP contribution >= 0.6 is 31.9 Å². The van der Waals surface area contributed by atoms with Crippen molar-refractivity contribution in [2.75, 3.05) is 70.5 Å². The predicted molar refractivity (Wildman–Crippen MR) is 432 cm³/mol. The van der Waals surface area contributed by atoms with Crippen molar-refractivity contribution >= 4 is 79.3 Å². The van der Waals surface area contributed by atoms with Crippen LogP contribution in [0.25, 0.3) is 11.1 Å². The lowest BCUT2D eigenvalue weighted by Gasteiger charge is -2.46. The number of guanidine groups is 4. The molecule has 4 amide bonds. The Hall–Kier alpha value is -8.29. The van der Waals surface area contributed by atoms with Crippen LogP contribution in [0.15, 0.2) is 126 Å². The second-order valence-electron chi connectivity index (χ2n) is 34.2. The van der Waals surface area contributed by atoms with E-state index in [2.05, 4.69) is 185 Å². The third-order valence-electron chi connectivity index (χ3n) is 28.2. The Morgan fingerprint density at radius 1 is 0.468 bits per heavy atom. The Kier molecular flexibility index (Phi) is 19.7. The summed E-state index contributed by atoms with van der Waals surface area (Å²) in [4.78, 5) is 84.7. The van der Waals surface area contributed by atoms with Crippen LogP contribution in [-0.2, 0) is 71.8 Å². The number of nitrogens with zero attached hydrogens (tertiary/aromatic N) is 11. The monoisotopic (exact) mass is 1600 g/mol. The molecule has 0 aromatic heterocycles. The second kappa shape index (κ2) is 28.2. The Labute approximate surface area is 658 Å². The van der Waals surface area contributed by atoms with E-state index in [9.17, 15) is 24.4 Å². The number of nitriles is 1. The van der Waals surface area contributed by atoms with Crippen LogP contribution < -0.4 is 28.3 Å². The third-order valence-corrected chi connectivity index (χ3v) is 29.1. The summed E-state index contributed by atoms with van der Waals surface area (Å²) in [5, 5.41) is 12.1. The van der Waals surface area contributed by atoms with Crippen molar-refractivity contribution in [2.45, 2.75) is 188 Å². The average Bonchev–Trinajstić information content (AvgIpc) is 1.55. The quantitative estimate of drug-likeness (QED) is 0.102. The Morgan fingerprint density at radius 2 is 0.844 bits per heavy atom. The Morgan fingerprint density at radius 3 is 1.21 bits per heavy atom. The number of hydrogen-bond donors (Lipinski definition) is 5. The number of carbonyl (C=O) groups excluding carboxylic acids is 4. The molecular formula is C86H104Br2N16O5. The first-order valence-electron chi connectivity index (χ1n) is 38.9. The van der Waals surface area contributed by atoms with E-state index >= 15 is 0 Å². The van der Waals surface area contributed by atoms with Crippen molar-refractivity contribution in [3.8, 4) is 29.0 Å². The van der Waals surface area contributed by atoms with Gasteiger partial charge in [-0.1, -0.05) is 86.2 Å². The molecule has 21 nitrogen and oxygen atoms in total.